The molecule has 0 bridgehead atoms. The molecule has 2 aliphatic carbocycles. The molecule has 5 heteroatoms. The first kappa shape index (κ1) is 15.1. The van der Waals surface area contributed by atoms with E-state index in [1.807, 2.05) is 39.8 Å². The van der Waals surface area contributed by atoms with Crippen molar-refractivity contribution in [2.45, 2.75) is 38.9 Å². The number of nitrogens with zero attached hydrogens (tertiary/aromatic N) is 4. The lowest BCUT2D eigenvalue weighted by Gasteiger charge is -2.39. The topological polar surface area (TPSA) is 82.0 Å². The summed E-state index contributed by atoms with van der Waals surface area (Å²) in [7, 11) is 0. The third-order valence-corrected chi connectivity index (χ3v) is 4.09. The lowest BCUT2D eigenvalue weighted by Crippen LogP contribution is -2.42. The van der Waals surface area contributed by atoms with Crippen LogP contribution in [0.2, 0.25) is 0 Å². The van der Waals surface area contributed by atoms with Gasteiger partial charge in [0, 0.05) is 24.3 Å². The summed E-state index contributed by atoms with van der Waals surface area (Å²) in [5, 5.41) is 0. The molecule has 0 aliphatic heterocycles. The van der Waals surface area contributed by atoms with E-state index in [0.717, 1.165) is 11.1 Å². The Balaban J connectivity index is 2.34. The number of hydrogen-bond donors (Lipinski definition) is 0. The molecule has 0 radical (unpaired) electrons. The largest absolute Gasteiger partial charge is 0.361 e. The zero-order chi connectivity index (χ0) is 15.7. The third kappa shape index (κ3) is 2.76. The van der Waals surface area contributed by atoms with E-state index in [4.69, 9.17) is 15.8 Å². The number of ether oxygens (including phenoxy) is 1. The zero-order valence-electron chi connectivity index (χ0n) is 12.7. The van der Waals surface area contributed by atoms with Crippen LogP contribution in [-0.4, -0.2) is 32.2 Å². The van der Waals surface area contributed by atoms with Crippen LogP contribution in [0.1, 0.15) is 27.7 Å². The number of hydrogen-bond acceptors (Lipinski definition) is 1. The molecule has 0 heterocycles. The van der Waals surface area contributed by atoms with Crippen molar-refractivity contribution in [2.24, 2.45) is 0 Å². The lowest BCUT2D eigenvalue weighted by atomic mass is 9.86. The van der Waals surface area contributed by atoms with E-state index in [1.54, 1.807) is 24.3 Å². The van der Waals surface area contributed by atoms with Gasteiger partial charge in [-0.15, -0.1) is 0 Å². The van der Waals surface area contributed by atoms with Gasteiger partial charge in [-0.1, -0.05) is 0 Å². The lowest BCUT2D eigenvalue weighted by molar-refractivity contribution is -0.0508. The van der Waals surface area contributed by atoms with Crippen LogP contribution in [0.4, 0.5) is 0 Å². The second-order valence-electron chi connectivity index (χ2n) is 5.69. The van der Waals surface area contributed by atoms with Crippen molar-refractivity contribution in [3.05, 3.63) is 58.7 Å². The van der Waals surface area contributed by atoms with Crippen LogP contribution < -0.4 is 0 Å². The van der Waals surface area contributed by atoms with Crippen LogP contribution in [0.15, 0.2) is 47.6 Å². The maximum atomic E-state index is 8.84. The molecular formula is C16H18N4O. The maximum absolute atomic E-state index is 8.84. The molecule has 0 fully saturated rings. The third-order valence-electron chi connectivity index (χ3n) is 4.09. The highest BCUT2D eigenvalue weighted by Crippen LogP contribution is 2.36. The molecule has 0 aromatic heterocycles. The van der Waals surface area contributed by atoms with Gasteiger partial charge in [0.05, 0.1) is 0 Å². The first-order chi connectivity index (χ1) is 9.83. The van der Waals surface area contributed by atoms with Crippen molar-refractivity contribution in [2.75, 3.05) is 0 Å². The van der Waals surface area contributed by atoms with Gasteiger partial charge in [-0.25, -0.2) is 0 Å². The average Bonchev–Trinajstić information content (AvgIpc) is 2.45. The minimum absolute atomic E-state index is 0.500. The Morgan fingerprint density at radius 2 is 1.24 bits per heavy atom. The minimum Gasteiger partial charge on any atom is -0.361 e. The van der Waals surface area contributed by atoms with Crippen LogP contribution in [0.25, 0.3) is 11.1 Å². The monoisotopic (exact) mass is 282 g/mol. The number of rotatable bonds is 2. The summed E-state index contributed by atoms with van der Waals surface area (Å²) in [5.74, 6) is 0. The van der Waals surface area contributed by atoms with Crippen LogP contribution in [0.3, 0.4) is 0 Å². The second-order valence-corrected chi connectivity index (χ2v) is 5.69. The van der Waals surface area contributed by atoms with Gasteiger partial charge in [0.1, 0.15) is 11.2 Å². The zero-order valence-corrected chi connectivity index (χ0v) is 12.7. The fourth-order valence-corrected chi connectivity index (χ4v) is 2.37. The Bertz CT molecular complexity index is 640. The molecule has 2 aliphatic rings. The van der Waals surface area contributed by atoms with E-state index < -0.39 is 11.2 Å². The quantitative estimate of drug-likeness (QED) is 0.566. The Kier molecular flexibility index (Phi) is 3.75. The van der Waals surface area contributed by atoms with Crippen LogP contribution in [-0.2, 0) is 4.74 Å². The SMILES string of the molecule is CC1=CC(=[N+]=[N-])C=CC1(C)OC1(C)C=CC(=[N+]=[N-])C=C1C. The van der Waals surface area contributed by atoms with Crippen molar-refractivity contribution < 1.29 is 14.3 Å². The molecule has 0 saturated heterocycles. The molecule has 0 amide bonds. The van der Waals surface area contributed by atoms with E-state index in [-0.39, 0.29) is 0 Å². The fraction of sp³-hybridized carbons (Fsp3) is 0.375. The van der Waals surface area contributed by atoms with Gasteiger partial charge in [0.2, 0.25) is 0 Å². The molecule has 21 heavy (non-hydrogen) atoms. The number of allylic oxidation sites excluding steroid dienone is 4. The summed E-state index contributed by atoms with van der Waals surface area (Å²) < 4.78 is 6.33. The molecule has 0 aromatic rings. The van der Waals surface area contributed by atoms with E-state index >= 15 is 0 Å². The van der Waals surface area contributed by atoms with Crippen molar-refractivity contribution in [1.29, 1.82) is 0 Å². The normalized spacial score (nSPS) is 31.4. The van der Waals surface area contributed by atoms with Crippen LogP contribution in [0.5, 0.6) is 0 Å². The van der Waals surface area contributed by atoms with Gasteiger partial charge in [0.25, 0.3) is 0 Å². The van der Waals surface area contributed by atoms with Gasteiger partial charge < -0.3 is 15.8 Å². The van der Waals surface area contributed by atoms with Crippen molar-refractivity contribution in [3.8, 4) is 0 Å². The summed E-state index contributed by atoms with van der Waals surface area (Å²) in [6.07, 6.45) is 10.8. The average molecular weight is 282 g/mol. The Hall–Kier alpha value is -2.32. The van der Waals surface area contributed by atoms with Crippen LogP contribution >= 0.6 is 0 Å². The minimum atomic E-state index is -0.601. The summed E-state index contributed by atoms with van der Waals surface area (Å²) in [4.78, 5) is 6.39. The summed E-state index contributed by atoms with van der Waals surface area (Å²) in [6, 6.07) is 0. The highest BCUT2D eigenvalue weighted by molar-refractivity contribution is 6.02. The molecule has 2 unspecified atom stereocenters. The van der Waals surface area contributed by atoms with Crippen molar-refractivity contribution >= 4 is 11.4 Å². The van der Waals surface area contributed by atoms with E-state index in [0.29, 0.717) is 11.4 Å². The van der Waals surface area contributed by atoms with Gasteiger partial charge in [-0.2, -0.15) is 9.58 Å². The van der Waals surface area contributed by atoms with Gasteiger partial charge in [0.15, 0.2) is 0 Å². The predicted octanol–water partition coefficient (Wildman–Crippen LogP) is 2.89. The van der Waals surface area contributed by atoms with E-state index in [1.165, 1.54) is 0 Å². The molecular weight excluding hydrogens is 264 g/mol. The molecule has 0 N–H and O–H groups in total. The van der Waals surface area contributed by atoms with E-state index in [2.05, 4.69) is 9.58 Å². The van der Waals surface area contributed by atoms with Crippen LogP contribution in [0, 0.1) is 0 Å². The molecule has 2 rings (SSSR count). The molecule has 108 valence electrons. The van der Waals surface area contributed by atoms with Gasteiger partial charge in [-0.3, -0.25) is 0 Å². The second kappa shape index (κ2) is 5.23. The summed E-state index contributed by atoms with van der Waals surface area (Å²) >= 11 is 0. The summed E-state index contributed by atoms with van der Waals surface area (Å²) in [6.45, 7) is 7.80. The Labute approximate surface area is 124 Å². The van der Waals surface area contributed by atoms with E-state index in [9.17, 15) is 0 Å². The molecule has 2 atom stereocenters. The van der Waals surface area contributed by atoms with Gasteiger partial charge >= 0.3 is 11.4 Å². The van der Waals surface area contributed by atoms with Gasteiger partial charge in [-0.05, 0) is 51.0 Å². The maximum Gasteiger partial charge on any atom is 0.315 e. The van der Waals surface area contributed by atoms with Crippen molar-refractivity contribution in [3.63, 3.8) is 0 Å². The predicted molar refractivity (Wildman–Crippen MR) is 80.9 cm³/mol. The first-order valence-corrected chi connectivity index (χ1v) is 6.73. The molecule has 0 spiro atoms. The Morgan fingerprint density at radius 1 is 0.857 bits per heavy atom. The molecule has 0 aromatic carbocycles. The highest BCUT2D eigenvalue weighted by Gasteiger charge is 2.39. The highest BCUT2D eigenvalue weighted by atomic mass is 16.5. The van der Waals surface area contributed by atoms with Crippen molar-refractivity contribution in [1.82, 2.24) is 0 Å². The summed E-state index contributed by atoms with van der Waals surface area (Å²) in [5.41, 5.74) is 19.4. The molecule has 0 saturated carbocycles. The smallest absolute Gasteiger partial charge is 0.315 e. The fourth-order valence-electron chi connectivity index (χ4n) is 2.37. The standard InChI is InChI=1S/C16H18N4O/c1-11-9-13(19-17)5-7-15(11,3)21-16(4)8-6-14(20-18)10-12(16)2/h5-10H,1-4H3. The first-order valence-electron chi connectivity index (χ1n) is 6.73. The Morgan fingerprint density at radius 3 is 1.52 bits per heavy atom. The molecule has 5 nitrogen and oxygen atoms in total.